The Balaban J connectivity index is 1.86. The van der Waals surface area contributed by atoms with Gasteiger partial charge in [-0.05, 0) is 44.4 Å². The molecule has 3 heteroatoms. The van der Waals surface area contributed by atoms with Gasteiger partial charge in [0.25, 0.3) is 0 Å². The molecular formula is C15H30N2O. The first kappa shape index (κ1) is 14.3. The van der Waals surface area contributed by atoms with Gasteiger partial charge in [-0.15, -0.1) is 0 Å². The van der Waals surface area contributed by atoms with E-state index in [1.165, 1.54) is 45.1 Å². The molecule has 0 amide bonds. The fourth-order valence-corrected chi connectivity index (χ4v) is 3.31. The van der Waals surface area contributed by atoms with Gasteiger partial charge in [0, 0.05) is 32.3 Å². The van der Waals surface area contributed by atoms with Crippen LogP contribution < -0.4 is 5.73 Å². The van der Waals surface area contributed by atoms with E-state index in [2.05, 4.69) is 11.8 Å². The monoisotopic (exact) mass is 254 g/mol. The van der Waals surface area contributed by atoms with E-state index in [-0.39, 0.29) is 0 Å². The Hall–Kier alpha value is -0.120. The molecule has 0 aromatic rings. The molecule has 0 radical (unpaired) electrons. The Labute approximate surface area is 112 Å². The second-order valence-electron chi connectivity index (χ2n) is 6.27. The number of hydrogen-bond acceptors (Lipinski definition) is 3. The predicted octanol–water partition coefficient (Wildman–Crippen LogP) is 2.25. The minimum atomic E-state index is 0.426. The highest BCUT2D eigenvalue weighted by atomic mass is 16.5. The topological polar surface area (TPSA) is 38.5 Å². The lowest BCUT2D eigenvalue weighted by Crippen LogP contribution is -2.46. The van der Waals surface area contributed by atoms with Crippen molar-refractivity contribution in [1.82, 2.24) is 4.90 Å². The fraction of sp³-hybridized carbons (Fsp3) is 1.00. The average Bonchev–Trinajstić information content (AvgIpc) is 3.20. The van der Waals surface area contributed by atoms with Gasteiger partial charge in [0.05, 0.1) is 6.61 Å². The second-order valence-corrected chi connectivity index (χ2v) is 6.27. The molecule has 0 aliphatic heterocycles. The van der Waals surface area contributed by atoms with Gasteiger partial charge >= 0.3 is 0 Å². The molecule has 0 spiro atoms. The number of rotatable bonds is 7. The third-order valence-electron chi connectivity index (χ3n) is 4.90. The van der Waals surface area contributed by atoms with Crippen molar-refractivity contribution < 1.29 is 4.74 Å². The maximum atomic E-state index is 6.29. The second kappa shape index (κ2) is 6.88. The van der Waals surface area contributed by atoms with Crippen molar-refractivity contribution in [2.45, 2.75) is 57.5 Å². The summed E-state index contributed by atoms with van der Waals surface area (Å²) in [5.41, 5.74) is 6.29. The molecule has 106 valence electrons. The van der Waals surface area contributed by atoms with Gasteiger partial charge in [0.1, 0.15) is 0 Å². The van der Waals surface area contributed by atoms with Crippen LogP contribution in [-0.2, 0) is 4.74 Å². The molecule has 2 saturated carbocycles. The van der Waals surface area contributed by atoms with E-state index < -0.39 is 0 Å². The van der Waals surface area contributed by atoms with Gasteiger partial charge in [-0.2, -0.15) is 0 Å². The van der Waals surface area contributed by atoms with E-state index in [0.29, 0.717) is 18.0 Å². The first-order valence-electron chi connectivity index (χ1n) is 7.71. The van der Waals surface area contributed by atoms with Crippen molar-refractivity contribution in [1.29, 1.82) is 0 Å². The van der Waals surface area contributed by atoms with Crippen LogP contribution in [0.5, 0.6) is 0 Å². The minimum Gasteiger partial charge on any atom is -0.383 e. The van der Waals surface area contributed by atoms with Crippen molar-refractivity contribution in [3.05, 3.63) is 0 Å². The Kier molecular flexibility index (Phi) is 5.46. The SMILES string of the molecule is COCCN(CC1CCCCC1N)C(C)C1CC1. The van der Waals surface area contributed by atoms with Crippen LogP contribution in [-0.4, -0.2) is 43.8 Å². The van der Waals surface area contributed by atoms with Crippen LogP contribution in [0.2, 0.25) is 0 Å². The third kappa shape index (κ3) is 3.94. The summed E-state index contributed by atoms with van der Waals surface area (Å²) in [6.45, 7) is 5.49. The number of hydrogen-bond donors (Lipinski definition) is 1. The lowest BCUT2D eigenvalue weighted by Gasteiger charge is -2.36. The lowest BCUT2D eigenvalue weighted by atomic mass is 9.84. The van der Waals surface area contributed by atoms with Crippen molar-refractivity contribution in [2.24, 2.45) is 17.6 Å². The highest BCUT2D eigenvalue weighted by Gasteiger charge is 2.33. The van der Waals surface area contributed by atoms with Crippen LogP contribution >= 0.6 is 0 Å². The summed E-state index contributed by atoms with van der Waals surface area (Å²) in [6.07, 6.45) is 8.08. The van der Waals surface area contributed by atoms with Gasteiger partial charge < -0.3 is 10.5 Å². The molecule has 3 atom stereocenters. The van der Waals surface area contributed by atoms with Gasteiger partial charge in [0.15, 0.2) is 0 Å². The molecule has 0 heterocycles. The van der Waals surface area contributed by atoms with Crippen molar-refractivity contribution in [3.63, 3.8) is 0 Å². The largest absolute Gasteiger partial charge is 0.383 e. The minimum absolute atomic E-state index is 0.426. The Bertz CT molecular complexity index is 243. The van der Waals surface area contributed by atoms with E-state index in [9.17, 15) is 0 Å². The van der Waals surface area contributed by atoms with Gasteiger partial charge in [0.2, 0.25) is 0 Å². The van der Waals surface area contributed by atoms with E-state index in [4.69, 9.17) is 10.5 Å². The molecule has 2 rings (SSSR count). The molecule has 18 heavy (non-hydrogen) atoms. The van der Waals surface area contributed by atoms with E-state index in [0.717, 1.165) is 19.1 Å². The van der Waals surface area contributed by atoms with Crippen LogP contribution in [0.3, 0.4) is 0 Å². The Morgan fingerprint density at radius 2 is 1.94 bits per heavy atom. The zero-order valence-electron chi connectivity index (χ0n) is 12.1. The molecule has 3 nitrogen and oxygen atoms in total. The standard InChI is InChI=1S/C15H30N2O/c1-12(13-7-8-13)17(9-10-18-2)11-14-5-3-4-6-15(14)16/h12-15H,3-11,16H2,1-2H3. The summed E-state index contributed by atoms with van der Waals surface area (Å²) < 4.78 is 5.27. The van der Waals surface area contributed by atoms with Crippen molar-refractivity contribution in [2.75, 3.05) is 26.8 Å². The fourth-order valence-electron chi connectivity index (χ4n) is 3.31. The van der Waals surface area contributed by atoms with Crippen LogP contribution in [0.15, 0.2) is 0 Å². The molecular weight excluding hydrogens is 224 g/mol. The van der Waals surface area contributed by atoms with E-state index in [1.54, 1.807) is 7.11 Å². The van der Waals surface area contributed by atoms with Crippen LogP contribution in [0.25, 0.3) is 0 Å². The van der Waals surface area contributed by atoms with E-state index in [1.807, 2.05) is 0 Å². The summed E-state index contributed by atoms with van der Waals surface area (Å²) in [5, 5.41) is 0. The van der Waals surface area contributed by atoms with Gasteiger partial charge in [-0.3, -0.25) is 4.90 Å². The Morgan fingerprint density at radius 3 is 2.56 bits per heavy atom. The maximum absolute atomic E-state index is 6.29. The molecule has 3 unspecified atom stereocenters. The summed E-state index contributed by atoms with van der Waals surface area (Å²) in [7, 11) is 1.80. The molecule has 2 N–H and O–H groups in total. The highest BCUT2D eigenvalue weighted by Crippen LogP contribution is 2.36. The zero-order chi connectivity index (χ0) is 13.0. The normalized spacial score (nSPS) is 30.7. The molecule has 0 aromatic carbocycles. The van der Waals surface area contributed by atoms with E-state index >= 15 is 0 Å². The smallest absolute Gasteiger partial charge is 0.0589 e. The summed E-state index contributed by atoms with van der Waals surface area (Å²) in [4.78, 5) is 2.64. The summed E-state index contributed by atoms with van der Waals surface area (Å²) in [5.74, 6) is 1.64. The average molecular weight is 254 g/mol. The number of ether oxygens (including phenoxy) is 1. The quantitative estimate of drug-likeness (QED) is 0.757. The predicted molar refractivity (Wildman–Crippen MR) is 75.6 cm³/mol. The third-order valence-corrected chi connectivity index (χ3v) is 4.90. The maximum Gasteiger partial charge on any atom is 0.0589 e. The molecule has 0 bridgehead atoms. The summed E-state index contributed by atoms with van der Waals surface area (Å²) in [6, 6.07) is 1.14. The first-order valence-corrected chi connectivity index (χ1v) is 7.71. The Morgan fingerprint density at radius 1 is 1.22 bits per heavy atom. The molecule has 0 saturated heterocycles. The van der Waals surface area contributed by atoms with Crippen molar-refractivity contribution >= 4 is 0 Å². The zero-order valence-corrected chi connectivity index (χ0v) is 12.1. The molecule has 0 aromatic heterocycles. The first-order chi connectivity index (χ1) is 8.72. The molecule has 2 aliphatic carbocycles. The van der Waals surface area contributed by atoms with Crippen LogP contribution in [0.1, 0.15) is 45.4 Å². The number of nitrogens with two attached hydrogens (primary N) is 1. The molecule has 2 aliphatic rings. The molecule has 2 fully saturated rings. The highest BCUT2D eigenvalue weighted by molar-refractivity contribution is 4.88. The summed E-state index contributed by atoms with van der Waals surface area (Å²) >= 11 is 0. The number of nitrogens with zero attached hydrogens (tertiary/aromatic N) is 1. The number of methoxy groups -OCH3 is 1. The van der Waals surface area contributed by atoms with Crippen LogP contribution in [0.4, 0.5) is 0 Å². The van der Waals surface area contributed by atoms with Crippen molar-refractivity contribution in [3.8, 4) is 0 Å². The van der Waals surface area contributed by atoms with Gasteiger partial charge in [-0.25, -0.2) is 0 Å². The lowest BCUT2D eigenvalue weighted by molar-refractivity contribution is 0.0910. The van der Waals surface area contributed by atoms with Crippen LogP contribution in [0, 0.1) is 11.8 Å². The van der Waals surface area contributed by atoms with Gasteiger partial charge in [-0.1, -0.05) is 12.8 Å².